The van der Waals surface area contributed by atoms with Crippen LogP contribution in [0.4, 0.5) is 0 Å². The van der Waals surface area contributed by atoms with Crippen molar-refractivity contribution < 1.29 is 19.0 Å². The summed E-state index contributed by atoms with van der Waals surface area (Å²) in [6.45, 7) is 0. The minimum absolute atomic E-state index is 0.148. The highest BCUT2D eigenvalue weighted by Gasteiger charge is 2.22. The van der Waals surface area contributed by atoms with Gasteiger partial charge in [-0.2, -0.15) is 0 Å². The predicted molar refractivity (Wildman–Crippen MR) is 121 cm³/mol. The van der Waals surface area contributed by atoms with Crippen molar-refractivity contribution in [1.82, 2.24) is 4.57 Å². The van der Waals surface area contributed by atoms with Crippen molar-refractivity contribution in [3.05, 3.63) is 96.3 Å². The second-order valence-electron chi connectivity index (χ2n) is 6.93. The first-order chi connectivity index (χ1) is 15.2. The van der Waals surface area contributed by atoms with Gasteiger partial charge in [-0.3, -0.25) is 4.79 Å². The van der Waals surface area contributed by atoms with Gasteiger partial charge in [0.15, 0.2) is 11.5 Å². The van der Waals surface area contributed by atoms with Gasteiger partial charge >= 0.3 is 0 Å². The molecule has 31 heavy (non-hydrogen) atoms. The maximum atomic E-state index is 13.6. The Kier molecular flexibility index (Phi) is 5.76. The number of rotatable bonds is 7. The SMILES string of the molecule is COc1cc(C(=O)c2cc(-c3ccccc3)cn2-c2ccccc2)cc(OC)c1OC. The van der Waals surface area contributed by atoms with Crippen molar-refractivity contribution in [3.8, 4) is 34.1 Å². The van der Waals surface area contributed by atoms with E-state index in [0.717, 1.165) is 16.8 Å². The van der Waals surface area contributed by atoms with E-state index in [-0.39, 0.29) is 5.78 Å². The summed E-state index contributed by atoms with van der Waals surface area (Å²) >= 11 is 0. The lowest BCUT2D eigenvalue weighted by Crippen LogP contribution is -2.09. The average Bonchev–Trinajstić information content (AvgIpc) is 3.29. The zero-order valence-corrected chi connectivity index (χ0v) is 17.7. The standard InChI is InChI=1S/C26H23NO4/c1-29-23-15-19(16-24(30-2)26(23)31-3)25(28)22-14-20(18-10-6-4-7-11-18)17-27(22)21-12-8-5-9-13-21/h4-17H,1-3H3. The van der Waals surface area contributed by atoms with Crippen LogP contribution in [0.2, 0.25) is 0 Å². The van der Waals surface area contributed by atoms with Crippen LogP contribution < -0.4 is 14.2 Å². The molecule has 4 rings (SSSR count). The van der Waals surface area contributed by atoms with Gasteiger partial charge in [-0.15, -0.1) is 0 Å². The zero-order chi connectivity index (χ0) is 21.8. The van der Waals surface area contributed by atoms with Gasteiger partial charge in [-0.05, 0) is 35.9 Å². The topological polar surface area (TPSA) is 49.7 Å². The van der Waals surface area contributed by atoms with Gasteiger partial charge in [0, 0.05) is 23.0 Å². The van der Waals surface area contributed by atoms with Crippen LogP contribution in [-0.4, -0.2) is 31.7 Å². The molecule has 0 aliphatic heterocycles. The molecule has 0 saturated carbocycles. The smallest absolute Gasteiger partial charge is 0.210 e. The third-order valence-corrected chi connectivity index (χ3v) is 5.12. The number of aromatic nitrogens is 1. The van der Waals surface area contributed by atoms with Crippen molar-refractivity contribution in [2.75, 3.05) is 21.3 Å². The summed E-state index contributed by atoms with van der Waals surface area (Å²) in [6.07, 6.45) is 1.98. The molecule has 5 heteroatoms. The molecular weight excluding hydrogens is 390 g/mol. The van der Waals surface area contributed by atoms with Gasteiger partial charge in [0.05, 0.1) is 27.0 Å². The number of ketones is 1. The van der Waals surface area contributed by atoms with Crippen molar-refractivity contribution in [1.29, 1.82) is 0 Å². The molecule has 5 nitrogen and oxygen atoms in total. The molecule has 4 aromatic rings. The van der Waals surface area contributed by atoms with Crippen LogP contribution in [0.15, 0.2) is 85.1 Å². The number of hydrogen-bond acceptors (Lipinski definition) is 4. The number of carbonyl (C=O) groups is 1. The third-order valence-electron chi connectivity index (χ3n) is 5.12. The molecule has 156 valence electrons. The number of nitrogens with zero attached hydrogens (tertiary/aromatic N) is 1. The van der Waals surface area contributed by atoms with E-state index in [4.69, 9.17) is 14.2 Å². The Morgan fingerprint density at radius 2 is 1.29 bits per heavy atom. The highest BCUT2D eigenvalue weighted by molar-refractivity contribution is 6.09. The summed E-state index contributed by atoms with van der Waals surface area (Å²) in [7, 11) is 4.60. The van der Waals surface area contributed by atoms with E-state index in [0.29, 0.717) is 28.5 Å². The second kappa shape index (κ2) is 8.79. The Labute approximate surface area is 181 Å². The van der Waals surface area contributed by atoms with Crippen LogP contribution >= 0.6 is 0 Å². The highest BCUT2D eigenvalue weighted by atomic mass is 16.5. The first kappa shape index (κ1) is 20.3. The molecule has 0 N–H and O–H groups in total. The molecule has 0 aliphatic rings. The van der Waals surface area contributed by atoms with E-state index in [1.807, 2.05) is 77.5 Å². The van der Waals surface area contributed by atoms with E-state index >= 15 is 0 Å². The van der Waals surface area contributed by atoms with Crippen molar-refractivity contribution in [2.24, 2.45) is 0 Å². The molecule has 0 amide bonds. The van der Waals surface area contributed by atoms with Gasteiger partial charge in [0.1, 0.15) is 0 Å². The van der Waals surface area contributed by atoms with Gasteiger partial charge in [0.2, 0.25) is 11.5 Å². The van der Waals surface area contributed by atoms with Gasteiger partial charge in [-0.1, -0.05) is 48.5 Å². The Morgan fingerprint density at radius 3 is 1.84 bits per heavy atom. The number of hydrogen-bond donors (Lipinski definition) is 0. The van der Waals surface area contributed by atoms with Crippen LogP contribution in [0.3, 0.4) is 0 Å². The molecule has 0 spiro atoms. The first-order valence-electron chi connectivity index (χ1n) is 9.84. The molecule has 0 saturated heterocycles. The molecule has 1 heterocycles. The molecule has 0 aliphatic carbocycles. The molecule has 0 atom stereocenters. The van der Waals surface area contributed by atoms with E-state index in [9.17, 15) is 4.79 Å². The van der Waals surface area contributed by atoms with E-state index in [1.165, 1.54) is 21.3 Å². The summed E-state index contributed by atoms with van der Waals surface area (Å²) in [5, 5.41) is 0. The summed E-state index contributed by atoms with van der Waals surface area (Å²) in [4.78, 5) is 13.6. The normalized spacial score (nSPS) is 10.5. The fraction of sp³-hybridized carbons (Fsp3) is 0.115. The summed E-state index contributed by atoms with van der Waals surface area (Å²) < 4.78 is 18.2. The maximum Gasteiger partial charge on any atom is 0.210 e. The summed E-state index contributed by atoms with van der Waals surface area (Å²) in [5.41, 5.74) is 3.89. The zero-order valence-electron chi connectivity index (χ0n) is 17.7. The van der Waals surface area contributed by atoms with Gasteiger partial charge in [0.25, 0.3) is 0 Å². The minimum Gasteiger partial charge on any atom is -0.493 e. The number of methoxy groups -OCH3 is 3. The van der Waals surface area contributed by atoms with Gasteiger partial charge < -0.3 is 18.8 Å². The number of para-hydroxylation sites is 1. The van der Waals surface area contributed by atoms with E-state index < -0.39 is 0 Å². The van der Waals surface area contributed by atoms with Gasteiger partial charge in [-0.25, -0.2) is 0 Å². The molecule has 3 aromatic carbocycles. The quantitative estimate of drug-likeness (QED) is 0.381. The number of ether oxygens (including phenoxy) is 3. The van der Waals surface area contributed by atoms with Crippen molar-refractivity contribution in [2.45, 2.75) is 0 Å². The number of benzene rings is 3. The largest absolute Gasteiger partial charge is 0.493 e. The van der Waals surface area contributed by atoms with Crippen LogP contribution in [-0.2, 0) is 0 Å². The van der Waals surface area contributed by atoms with Crippen LogP contribution in [0.1, 0.15) is 16.1 Å². The molecule has 0 unspecified atom stereocenters. The number of carbonyl (C=O) groups excluding carboxylic acids is 1. The maximum absolute atomic E-state index is 13.6. The highest BCUT2D eigenvalue weighted by Crippen LogP contribution is 2.39. The summed E-state index contributed by atoms with van der Waals surface area (Å²) in [5.74, 6) is 1.17. The monoisotopic (exact) mass is 413 g/mol. The Morgan fingerprint density at radius 1 is 0.710 bits per heavy atom. The van der Waals surface area contributed by atoms with Crippen molar-refractivity contribution in [3.63, 3.8) is 0 Å². The van der Waals surface area contributed by atoms with E-state index in [2.05, 4.69) is 0 Å². The molecular formula is C26H23NO4. The summed E-state index contributed by atoms with van der Waals surface area (Å²) in [6, 6.07) is 25.0. The van der Waals surface area contributed by atoms with Crippen LogP contribution in [0, 0.1) is 0 Å². The average molecular weight is 413 g/mol. The lowest BCUT2D eigenvalue weighted by Gasteiger charge is -2.14. The van der Waals surface area contributed by atoms with Crippen molar-refractivity contribution >= 4 is 5.78 Å². The minimum atomic E-state index is -0.148. The Bertz CT molecular complexity index is 1170. The molecule has 0 fully saturated rings. The fourth-order valence-electron chi connectivity index (χ4n) is 3.59. The lowest BCUT2D eigenvalue weighted by molar-refractivity contribution is 0.103. The predicted octanol–water partition coefficient (Wildman–Crippen LogP) is 5.40. The molecule has 0 radical (unpaired) electrons. The first-order valence-corrected chi connectivity index (χ1v) is 9.84. The molecule has 0 bridgehead atoms. The van der Waals surface area contributed by atoms with Crippen LogP contribution in [0.25, 0.3) is 16.8 Å². The second-order valence-corrected chi connectivity index (χ2v) is 6.93. The van der Waals surface area contributed by atoms with Crippen LogP contribution in [0.5, 0.6) is 17.2 Å². The van der Waals surface area contributed by atoms with E-state index in [1.54, 1.807) is 12.1 Å². The Hall–Kier alpha value is -3.99. The fourth-order valence-corrected chi connectivity index (χ4v) is 3.59. The lowest BCUT2D eigenvalue weighted by atomic mass is 10.0. The third kappa shape index (κ3) is 3.90. The Balaban J connectivity index is 1.87. The molecule has 1 aromatic heterocycles.